The van der Waals surface area contributed by atoms with Gasteiger partial charge in [-0.3, -0.25) is 0 Å². The van der Waals surface area contributed by atoms with Crippen LogP contribution < -0.4 is 5.32 Å². The van der Waals surface area contributed by atoms with Crippen molar-refractivity contribution in [2.24, 2.45) is 0 Å². The Morgan fingerprint density at radius 2 is 2.05 bits per heavy atom. The van der Waals surface area contributed by atoms with Crippen molar-refractivity contribution in [2.45, 2.75) is 45.8 Å². The van der Waals surface area contributed by atoms with Crippen LogP contribution in [0, 0.1) is 6.92 Å². The number of aryl methyl sites for hydroxylation is 1. The molecule has 20 heavy (non-hydrogen) atoms. The van der Waals surface area contributed by atoms with Crippen molar-refractivity contribution < 1.29 is 9.15 Å². The summed E-state index contributed by atoms with van der Waals surface area (Å²) in [4.78, 5) is 0. The van der Waals surface area contributed by atoms with E-state index < -0.39 is 0 Å². The SMILES string of the molecule is CCCNC(c1cc2cc(C)ccc2o1)C(C)(C)OC. The van der Waals surface area contributed by atoms with Gasteiger partial charge in [0.25, 0.3) is 0 Å². The number of furan rings is 1. The summed E-state index contributed by atoms with van der Waals surface area (Å²) in [6.45, 7) is 9.36. The third kappa shape index (κ3) is 3.05. The lowest BCUT2D eigenvalue weighted by molar-refractivity contribution is -0.0164. The second kappa shape index (κ2) is 5.98. The van der Waals surface area contributed by atoms with Crippen LogP contribution in [0.1, 0.15) is 44.6 Å². The van der Waals surface area contributed by atoms with Crippen LogP contribution in [0.3, 0.4) is 0 Å². The molecular formula is C17H25NO2. The Bertz CT molecular complexity index is 571. The quantitative estimate of drug-likeness (QED) is 0.857. The molecule has 0 aliphatic rings. The van der Waals surface area contributed by atoms with Gasteiger partial charge in [-0.25, -0.2) is 0 Å². The molecule has 2 aromatic rings. The van der Waals surface area contributed by atoms with Gasteiger partial charge < -0.3 is 14.5 Å². The zero-order valence-electron chi connectivity index (χ0n) is 13.1. The first-order valence-electron chi connectivity index (χ1n) is 7.26. The summed E-state index contributed by atoms with van der Waals surface area (Å²) < 4.78 is 11.7. The van der Waals surface area contributed by atoms with Gasteiger partial charge in [-0.1, -0.05) is 18.6 Å². The number of ether oxygens (including phenoxy) is 1. The van der Waals surface area contributed by atoms with Crippen LogP contribution in [0.25, 0.3) is 11.0 Å². The predicted octanol–water partition coefficient (Wildman–Crippen LogP) is 4.21. The standard InChI is InChI=1S/C17H25NO2/c1-6-9-18-16(17(3,4)19-5)15-11-13-10-12(2)7-8-14(13)20-15/h7-8,10-11,16,18H,6,9H2,1-5H3. The summed E-state index contributed by atoms with van der Waals surface area (Å²) >= 11 is 0. The molecule has 1 aromatic carbocycles. The largest absolute Gasteiger partial charge is 0.459 e. The zero-order valence-corrected chi connectivity index (χ0v) is 13.1. The summed E-state index contributed by atoms with van der Waals surface area (Å²) in [5.41, 5.74) is 1.85. The van der Waals surface area contributed by atoms with E-state index in [1.54, 1.807) is 7.11 Å². The van der Waals surface area contributed by atoms with E-state index in [0.717, 1.165) is 29.7 Å². The molecule has 0 radical (unpaired) electrons. The Kier molecular flexibility index (Phi) is 4.51. The minimum Gasteiger partial charge on any atom is -0.459 e. The molecule has 1 aromatic heterocycles. The highest BCUT2D eigenvalue weighted by Crippen LogP contribution is 2.32. The number of fused-ring (bicyclic) bond motifs is 1. The molecule has 2 rings (SSSR count). The second-order valence-corrected chi connectivity index (χ2v) is 5.88. The Hall–Kier alpha value is -1.32. The van der Waals surface area contributed by atoms with E-state index in [9.17, 15) is 0 Å². The van der Waals surface area contributed by atoms with Crippen LogP contribution in [-0.4, -0.2) is 19.3 Å². The number of methoxy groups -OCH3 is 1. The first kappa shape index (κ1) is 15.1. The molecule has 0 aliphatic heterocycles. The number of hydrogen-bond acceptors (Lipinski definition) is 3. The molecule has 0 saturated carbocycles. The molecule has 0 amide bonds. The third-order valence-electron chi connectivity index (χ3n) is 3.80. The van der Waals surface area contributed by atoms with Gasteiger partial charge in [-0.05, 0) is 51.9 Å². The molecule has 3 nitrogen and oxygen atoms in total. The Labute approximate surface area is 121 Å². The van der Waals surface area contributed by atoms with E-state index in [1.165, 1.54) is 5.56 Å². The molecule has 3 heteroatoms. The summed E-state index contributed by atoms with van der Waals surface area (Å²) in [6.07, 6.45) is 1.08. The number of hydrogen-bond donors (Lipinski definition) is 1. The van der Waals surface area contributed by atoms with Crippen LogP contribution in [0.4, 0.5) is 0 Å². The Morgan fingerprint density at radius 3 is 2.70 bits per heavy atom. The summed E-state index contributed by atoms with van der Waals surface area (Å²) in [7, 11) is 1.74. The third-order valence-corrected chi connectivity index (χ3v) is 3.80. The lowest BCUT2D eigenvalue weighted by Gasteiger charge is -2.32. The molecule has 0 fully saturated rings. The van der Waals surface area contributed by atoms with E-state index in [1.807, 2.05) is 6.07 Å². The Balaban J connectivity index is 2.39. The lowest BCUT2D eigenvalue weighted by atomic mass is 9.95. The molecule has 1 heterocycles. The average molecular weight is 275 g/mol. The first-order chi connectivity index (χ1) is 9.47. The normalized spacial score (nSPS) is 13.8. The summed E-state index contributed by atoms with van der Waals surface area (Å²) in [6, 6.07) is 8.42. The summed E-state index contributed by atoms with van der Waals surface area (Å²) in [5.74, 6) is 0.936. The molecule has 1 N–H and O–H groups in total. The van der Waals surface area contributed by atoms with Crippen molar-refractivity contribution in [3.8, 4) is 0 Å². The van der Waals surface area contributed by atoms with E-state index in [2.05, 4.69) is 51.2 Å². The van der Waals surface area contributed by atoms with Crippen molar-refractivity contribution in [1.82, 2.24) is 5.32 Å². The minimum absolute atomic E-state index is 0.0418. The fraction of sp³-hybridized carbons (Fsp3) is 0.529. The van der Waals surface area contributed by atoms with Gasteiger partial charge in [0.2, 0.25) is 0 Å². The van der Waals surface area contributed by atoms with Crippen LogP contribution in [0.2, 0.25) is 0 Å². The van der Waals surface area contributed by atoms with E-state index in [4.69, 9.17) is 9.15 Å². The van der Waals surface area contributed by atoms with E-state index in [0.29, 0.717) is 0 Å². The highest BCUT2D eigenvalue weighted by Gasteiger charge is 2.32. The maximum absolute atomic E-state index is 6.03. The highest BCUT2D eigenvalue weighted by atomic mass is 16.5. The number of rotatable bonds is 6. The number of benzene rings is 1. The van der Waals surface area contributed by atoms with Gasteiger partial charge in [0.05, 0.1) is 11.6 Å². The highest BCUT2D eigenvalue weighted by molar-refractivity contribution is 5.78. The molecule has 0 saturated heterocycles. The molecular weight excluding hydrogens is 250 g/mol. The average Bonchev–Trinajstić information content (AvgIpc) is 2.81. The monoisotopic (exact) mass is 275 g/mol. The smallest absolute Gasteiger partial charge is 0.134 e. The Morgan fingerprint density at radius 1 is 1.30 bits per heavy atom. The van der Waals surface area contributed by atoms with Crippen molar-refractivity contribution in [3.05, 3.63) is 35.6 Å². The van der Waals surface area contributed by atoms with Gasteiger partial charge in [-0.15, -0.1) is 0 Å². The van der Waals surface area contributed by atoms with Gasteiger partial charge in [-0.2, -0.15) is 0 Å². The van der Waals surface area contributed by atoms with Crippen LogP contribution in [0.5, 0.6) is 0 Å². The van der Waals surface area contributed by atoms with Gasteiger partial charge in [0.1, 0.15) is 11.3 Å². The topological polar surface area (TPSA) is 34.4 Å². The molecule has 0 bridgehead atoms. The molecule has 0 spiro atoms. The fourth-order valence-corrected chi connectivity index (χ4v) is 2.42. The second-order valence-electron chi connectivity index (χ2n) is 5.88. The van der Waals surface area contributed by atoms with Crippen molar-refractivity contribution in [3.63, 3.8) is 0 Å². The van der Waals surface area contributed by atoms with E-state index >= 15 is 0 Å². The van der Waals surface area contributed by atoms with Crippen molar-refractivity contribution in [1.29, 1.82) is 0 Å². The van der Waals surface area contributed by atoms with Gasteiger partial charge in [0, 0.05) is 12.5 Å². The maximum atomic E-state index is 6.03. The van der Waals surface area contributed by atoms with Gasteiger partial charge in [0.15, 0.2) is 0 Å². The van der Waals surface area contributed by atoms with Crippen LogP contribution in [0.15, 0.2) is 28.7 Å². The molecule has 1 atom stereocenters. The van der Waals surface area contributed by atoms with E-state index in [-0.39, 0.29) is 11.6 Å². The summed E-state index contributed by atoms with van der Waals surface area (Å²) in [5, 5.41) is 4.68. The molecule has 0 aliphatic carbocycles. The zero-order chi connectivity index (χ0) is 14.8. The molecule has 1 unspecified atom stereocenters. The van der Waals surface area contributed by atoms with Crippen molar-refractivity contribution >= 4 is 11.0 Å². The van der Waals surface area contributed by atoms with Gasteiger partial charge >= 0.3 is 0 Å². The number of nitrogens with one attached hydrogen (secondary N) is 1. The molecule has 110 valence electrons. The predicted molar refractivity (Wildman–Crippen MR) is 83.1 cm³/mol. The van der Waals surface area contributed by atoms with Crippen LogP contribution in [-0.2, 0) is 4.74 Å². The lowest BCUT2D eigenvalue weighted by Crippen LogP contribution is -2.41. The fourth-order valence-electron chi connectivity index (χ4n) is 2.42. The maximum Gasteiger partial charge on any atom is 0.134 e. The minimum atomic E-state index is -0.321. The van der Waals surface area contributed by atoms with Crippen LogP contribution >= 0.6 is 0 Å². The van der Waals surface area contributed by atoms with Crippen molar-refractivity contribution in [2.75, 3.05) is 13.7 Å². The first-order valence-corrected chi connectivity index (χ1v) is 7.26.